The lowest BCUT2D eigenvalue weighted by Gasteiger charge is -2.38. The summed E-state index contributed by atoms with van der Waals surface area (Å²) in [5, 5.41) is 0. The summed E-state index contributed by atoms with van der Waals surface area (Å²) in [6, 6.07) is 5.40. The van der Waals surface area contributed by atoms with Crippen molar-refractivity contribution in [2.45, 2.75) is 38.5 Å². The zero-order valence-electron chi connectivity index (χ0n) is 17.9. The molecule has 32 heavy (non-hydrogen) atoms. The third kappa shape index (κ3) is 3.64. The minimum atomic E-state index is -0.526. The molecule has 2 aromatic heterocycles. The monoisotopic (exact) mass is 472 g/mol. The number of piperidine rings is 1. The van der Waals surface area contributed by atoms with Gasteiger partial charge in [0.2, 0.25) is 0 Å². The molecule has 5 heterocycles. The number of hydrogen-bond donors (Lipinski definition) is 0. The number of amides is 1. The Morgan fingerprint density at radius 2 is 1.91 bits per heavy atom. The number of nitrogens with zero attached hydrogens (tertiary/aromatic N) is 4. The highest BCUT2D eigenvalue weighted by atomic mass is 32.2. The predicted octanol–water partition coefficient (Wildman–Crippen LogP) is 2.65. The first kappa shape index (κ1) is 21.6. The summed E-state index contributed by atoms with van der Waals surface area (Å²) in [6.45, 7) is 6.34. The first-order chi connectivity index (χ1) is 15.4. The van der Waals surface area contributed by atoms with Gasteiger partial charge in [-0.15, -0.1) is 0 Å². The lowest BCUT2D eigenvalue weighted by Crippen LogP contribution is -2.46. The van der Waals surface area contributed by atoms with E-state index in [-0.39, 0.29) is 17.5 Å². The summed E-state index contributed by atoms with van der Waals surface area (Å²) in [5.41, 5.74) is 0.740. The Balaban J connectivity index is 1.57. The molecule has 5 rings (SSSR count). The molecule has 0 saturated carbocycles. The maximum absolute atomic E-state index is 13.5. The number of anilines is 1. The van der Waals surface area contributed by atoms with E-state index >= 15 is 0 Å². The van der Waals surface area contributed by atoms with Gasteiger partial charge < -0.3 is 14.4 Å². The van der Waals surface area contributed by atoms with Crippen molar-refractivity contribution in [2.24, 2.45) is 0 Å². The molecule has 1 amide bonds. The quantitative estimate of drug-likeness (QED) is 0.499. The Morgan fingerprint density at radius 1 is 1.19 bits per heavy atom. The van der Waals surface area contributed by atoms with E-state index in [1.807, 2.05) is 26.0 Å². The third-order valence-electron chi connectivity index (χ3n) is 6.00. The average molecular weight is 473 g/mol. The number of thiocarbonyl (C=S) groups is 1. The Labute approximate surface area is 195 Å². The maximum Gasteiger partial charge on any atom is 0.267 e. The standard InChI is InChI=1S/C22H24N4O4S2/c1-14(2)26-20(28)16(32-21(26)31)13-15-18(23-17-5-3-4-8-25(17)19(15)27)24-9-6-22(7-10-24)29-11-12-30-22/h3-5,8,13-14H,6-7,9-12H2,1-2H3. The van der Waals surface area contributed by atoms with Gasteiger partial charge >= 0.3 is 0 Å². The molecule has 3 aliphatic heterocycles. The van der Waals surface area contributed by atoms with Crippen LogP contribution in [0.2, 0.25) is 0 Å². The van der Waals surface area contributed by atoms with Crippen LogP contribution in [-0.4, -0.2) is 62.6 Å². The zero-order chi connectivity index (χ0) is 22.5. The molecule has 0 aliphatic carbocycles. The molecule has 0 N–H and O–H groups in total. The summed E-state index contributed by atoms with van der Waals surface area (Å²) in [5.74, 6) is -0.130. The normalized spacial score (nSPS) is 22.3. The van der Waals surface area contributed by atoms with Crippen LogP contribution in [0.5, 0.6) is 0 Å². The molecular weight excluding hydrogens is 448 g/mol. The van der Waals surface area contributed by atoms with Crippen LogP contribution in [0.4, 0.5) is 5.82 Å². The topological polar surface area (TPSA) is 76.4 Å². The lowest BCUT2D eigenvalue weighted by atomic mass is 10.0. The van der Waals surface area contributed by atoms with Crippen LogP contribution >= 0.6 is 24.0 Å². The molecule has 2 aromatic rings. The van der Waals surface area contributed by atoms with Crippen LogP contribution < -0.4 is 10.5 Å². The van der Waals surface area contributed by atoms with Crippen LogP contribution in [0, 0.1) is 0 Å². The van der Waals surface area contributed by atoms with E-state index in [4.69, 9.17) is 26.7 Å². The summed E-state index contributed by atoms with van der Waals surface area (Å²) >= 11 is 6.63. The molecule has 1 spiro atoms. The van der Waals surface area contributed by atoms with E-state index in [2.05, 4.69) is 4.90 Å². The van der Waals surface area contributed by atoms with Gasteiger partial charge in [0.25, 0.3) is 11.5 Å². The van der Waals surface area contributed by atoms with Crippen molar-refractivity contribution >= 4 is 51.7 Å². The van der Waals surface area contributed by atoms with Gasteiger partial charge in [0.15, 0.2) is 5.79 Å². The van der Waals surface area contributed by atoms with E-state index in [1.54, 1.807) is 23.2 Å². The Hall–Kier alpha value is -2.27. The first-order valence-corrected chi connectivity index (χ1v) is 11.9. The fraction of sp³-hybridized carbons (Fsp3) is 0.455. The zero-order valence-corrected chi connectivity index (χ0v) is 19.6. The average Bonchev–Trinajstić information content (AvgIpc) is 3.34. The fourth-order valence-corrected chi connectivity index (χ4v) is 5.87. The van der Waals surface area contributed by atoms with E-state index in [0.29, 0.717) is 65.4 Å². The second kappa shape index (κ2) is 8.26. The molecule has 0 bridgehead atoms. The van der Waals surface area contributed by atoms with Crippen LogP contribution in [0.15, 0.2) is 34.1 Å². The smallest absolute Gasteiger partial charge is 0.267 e. The minimum Gasteiger partial charge on any atom is -0.355 e. The van der Waals surface area contributed by atoms with Gasteiger partial charge in [0.1, 0.15) is 15.8 Å². The Bertz CT molecular complexity index is 1180. The van der Waals surface area contributed by atoms with Gasteiger partial charge in [-0.3, -0.25) is 18.9 Å². The molecule has 0 radical (unpaired) electrons. The molecule has 10 heteroatoms. The molecule has 0 unspecified atom stereocenters. The number of ether oxygens (including phenoxy) is 2. The van der Waals surface area contributed by atoms with Gasteiger partial charge in [0.05, 0.1) is 23.7 Å². The molecule has 3 fully saturated rings. The lowest BCUT2D eigenvalue weighted by molar-refractivity contribution is -0.169. The number of pyridine rings is 1. The SMILES string of the molecule is CC(C)N1C(=O)C(=Cc2c(N3CCC4(CC3)OCCO4)nc3ccccn3c2=O)SC1=S. The molecular formula is C22H24N4O4S2. The Morgan fingerprint density at radius 3 is 2.56 bits per heavy atom. The number of hydrogen-bond acceptors (Lipinski definition) is 8. The number of thioether (sulfide) groups is 1. The van der Waals surface area contributed by atoms with Crippen molar-refractivity contribution in [3.8, 4) is 0 Å². The summed E-state index contributed by atoms with van der Waals surface area (Å²) in [7, 11) is 0. The van der Waals surface area contributed by atoms with Gasteiger partial charge in [-0.1, -0.05) is 30.0 Å². The molecule has 8 nitrogen and oxygen atoms in total. The van der Waals surface area contributed by atoms with Crippen molar-refractivity contribution < 1.29 is 14.3 Å². The highest BCUT2D eigenvalue weighted by Crippen LogP contribution is 2.36. The van der Waals surface area contributed by atoms with Crippen molar-refractivity contribution in [1.82, 2.24) is 14.3 Å². The number of rotatable bonds is 3. The number of carbonyl (C=O) groups excluding carboxylic acids is 1. The third-order valence-corrected chi connectivity index (χ3v) is 7.33. The molecule has 3 aliphatic rings. The largest absolute Gasteiger partial charge is 0.355 e. The van der Waals surface area contributed by atoms with E-state index in [9.17, 15) is 9.59 Å². The minimum absolute atomic E-state index is 0.0478. The van der Waals surface area contributed by atoms with Crippen molar-refractivity contribution in [3.63, 3.8) is 0 Å². The first-order valence-electron chi connectivity index (χ1n) is 10.7. The van der Waals surface area contributed by atoms with Gasteiger partial charge in [-0.2, -0.15) is 0 Å². The van der Waals surface area contributed by atoms with Crippen LogP contribution in [-0.2, 0) is 14.3 Å². The van der Waals surface area contributed by atoms with Crippen LogP contribution in [0.3, 0.4) is 0 Å². The second-order valence-electron chi connectivity index (χ2n) is 8.32. The molecule has 3 saturated heterocycles. The summed E-state index contributed by atoms with van der Waals surface area (Å²) in [6.07, 6.45) is 4.73. The Kier molecular flexibility index (Phi) is 5.56. The maximum atomic E-state index is 13.5. The molecule has 0 aromatic carbocycles. The summed E-state index contributed by atoms with van der Waals surface area (Å²) < 4.78 is 13.7. The number of aromatic nitrogens is 2. The van der Waals surface area contributed by atoms with Crippen LogP contribution in [0.25, 0.3) is 11.7 Å². The van der Waals surface area contributed by atoms with E-state index in [0.717, 1.165) is 0 Å². The van der Waals surface area contributed by atoms with E-state index in [1.165, 1.54) is 16.2 Å². The van der Waals surface area contributed by atoms with E-state index < -0.39 is 5.79 Å². The predicted molar refractivity (Wildman–Crippen MR) is 128 cm³/mol. The second-order valence-corrected chi connectivity index (χ2v) is 10.00. The van der Waals surface area contributed by atoms with Crippen molar-refractivity contribution in [2.75, 3.05) is 31.2 Å². The summed E-state index contributed by atoms with van der Waals surface area (Å²) in [4.78, 5) is 35.4. The molecule has 0 atom stereocenters. The highest BCUT2D eigenvalue weighted by molar-refractivity contribution is 8.26. The van der Waals surface area contributed by atoms with Gasteiger partial charge in [0, 0.05) is 38.2 Å². The van der Waals surface area contributed by atoms with Crippen molar-refractivity contribution in [1.29, 1.82) is 0 Å². The molecule has 168 valence electrons. The van der Waals surface area contributed by atoms with Gasteiger partial charge in [-0.25, -0.2) is 4.98 Å². The number of fused-ring (bicyclic) bond motifs is 1. The number of carbonyl (C=O) groups is 1. The van der Waals surface area contributed by atoms with Crippen molar-refractivity contribution in [3.05, 3.63) is 45.2 Å². The van der Waals surface area contributed by atoms with Gasteiger partial charge in [-0.05, 0) is 32.1 Å². The fourth-order valence-electron chi connectivity index (χ4n) is 4.36. The highest BCUT2D eigenvalue weighted by Gasteiger charge is 2.41. The van der Waals surface area contributed by atoms with Crippen LogP contribution in [0.1, 0.15) is 32.3 Å².